The third-order valence-electron chi connectivity index (χ3n) is 4.38. The molecule has 0 atom stereocenters. The van der Waals surface area contributed by atoms with E-state index in [1.54, 1.807) is 0 Å². The van der Waals surface area contributed by atoms with Crippen molar-refractivity contribution in [2.24, 2.45) is 0 Å². The van der Waals surface area contributed by atoms with E-state index in [1.165, 1.54) is 37.4 Å². The fourth-order valence-corrected chi connectivity index (χ4v) is 3.33. The lowest BCUT2D eigenvalue weighted by Gasteiger charge is -2.15. The van der Waals surface area contributed by atoms with E-state index in [2.05, 4.69) is 21.3 Å². The summed E-state index contributed by atoms with van der Waals surface area (Å²) >= 11 is 12.1. The van der Waals surface area contributed by atoms with Gasteiger partial charge < -0.3 is 19.3 Å². The molecule has 0 aliphatic rings. The monoisotopic (exact) mass is 532 g/mol. The number of urea groups is 1. The van der Waals surface area contributed by atoms with E-state index in [4.69, 9.17) is 37.2 Å². The molecule has 9 nitrogen and oxygen atoms in total. The molecular weight excluding hydrogens is 516 g/mol. The van der Waals surface area contributed by atoms with Crippen LogP contribution in [0.15, 0.2) is 40.9 Å². The molecule has 1 aromatic heterocycles. The molecular formula is C21H17Cl2F3N4O5. The summed E-state index contributed by atoms with van der Waals surface area (Å²) in [6, 6.07) is 7.07. The first-order chi connectivity index (χ1) is 16.7. The van der Waals surface area contributed by atoms with Crippen molar-refractivity contribution in [3.8, 4) is 22.8 Å². The van der Waals surface area contributed by atoms with Gasteiger partial charge in [0.15, 0.2) is 0 Å². The minimum Gasteiger partial charge on any atom is -0.485 e. The highest BCUT2D eigenvalue weighted by Crippen LogP contribution is 2.39. The predicted octanol–water partition coefficient (Wildman–Crippen LogP) is 4.58. The lowest BCUT2D eigenvalue weighted by Crippen LogP contribution is -2.46. The summed E-state index contributed by atoms with van der Waals surface area (Å²) in [7, 11) is 1.33. The molecule has 1 heterocycles. The Labute approximate surface area is 206 Å². The van der Waals surface area contributed by atoms with Crippen molar-refractivity contribution in [1.29, 1.82) is 0 Å². The number of halogens is 5. The summed E-state index contributed by atoms with van der Waals surface area (Å²) in [5, 5.41) is 5.99. The van der Waals surface area contributed by atoms with E-state index < -0.39 is 30.8 Å². The molecule has 186 valence electrons. The molecule has 0 unspecified atom stereocenters. The van der Waals surface area contributed by atoms with Crippen LogP contribution in [0.4, 0.5) is 18.0 Å². The molecule has 0 saturated carbocycles. The van der Waals surface area contributed by atoms with E-state index in [1.807, 2.05) is 0 Å². The number of aromatic nitrogens is 1. The van der Waals surface area contributed by atoms with Crippen molar-refractivity contribution in [1.82, 2.24) is 21.3 Å². The average Bonchev–Trinajstić information content (AvgIpc) is 3.30. The third-order valence-corrected chi connectivity index (χ3v) is 4.88. The molecule has 0 saturated heterocycles. The number of hydrogen-bond acceptors (Lipinski definition) is 6. The molecule has 0 spiro atoms. The van der Waals surface area contributed by atoms with Gasteiger partial charge >= 0.3 is 11.9 Å². The second-order valence-electron chi connectivity index (χ2n) is 6.77. The molecule has 0 aliphatic heterocycles. The topological polar surface area (TPSA) is 115 Å². The summed E-state index contributed by atoms with van der Waals surface area (Å²) in [6.07, 6.45) is -2.74. The summed E-state index contributed by atoms with van der Waals surface area (Å²) in [5.41, 5.74) is 4.72. The number of carbonyl (C=O) groups excluding carboxylic acids is 2. The fraction of sp³-hybridized carbons (Fsp3) is 0.190. The van der Waals surface area contributed by atoms with Gasteiger partial charge in [0.25, 0.3) is 12.3 Å². The maximum Gasteiger partial charge on any atom is 0.333 e. The van der Waals surface area contributed by atoms with Gasteiger partial charge in [0.2, 0.25) is 5.76 Å². The highest BCUT2D eigenvalue weighted by molar-refractivity contribution is 6.36. The van der Waals surface area contributed by atoms with Crippen LogP contribution in [0.3, 0.4) is 0 Å². The van der Waals surface area contributed by atoms with Gasteiger partial charge in [-0.15, -0.1) is 0 Å². The van der Waals surface area contributed by atoms with Crippen molar-refractivity contribution in [2.75, 3.05) is 13.7 Å². The first kappa shape index (κ1) is 26.0. The summed E-state index contributed by atoms with van der Waals surface area (Å²) in [4.78, 5) is 23.8. The zero-order valence-corrected chi connectivity index (χ0v) is 19.3. The van der Waals surface area contributed by atoms with Gasteiger partial charge in [0, 0.05) is 22.7 Å². The van der Waals surface area contributed by atoms with E-state index in [0.29, 0.717) is 0 Å². The SMILES string of the molecule is COc1cc(C(=O)NNC(=O)NCc2ccc(-c3cc(Cl)cc(Cl)c3OCC(F)F)cc2F)on1. The zero-order valence-electron chi connectivity index (χ0n) is 17.8. The van der Waals surface area contributed by atoms with Crippen molar-refractivity contribution in [2.45, 2.75) is 13.0 Å². The Morgan fingerprint density at radius 3 is 2.57 bits per heavy atom. The van der Waals surface area contributed by atoms with Crippen LogP contribution in [-0.2, 0) is 6.54 Å². The number of amides is 3. The van der Waals surface area contributed by atoms with Gasteiger partial charge in [-0.05, 0) is 28.9 Å². The van der Waals surface area contributed by atoms with Crippen LogP contribution >= 0.6 is 23.2 Å². The Kier molecular flexibility index (Phi) is 8.66. The second-order valence-corrected chi connectivity index (χ2v) is 7.61. The number of benzene rings is 2. The summed E-state index contributed by atoms with van der Waals surface area (Å²) in [5.74, 6) is -1.71. The number of nitrogens with one attached hydrogen (secondary N) is 3. The minimum absolute atomic E-state index is 0.0122. The summed E-state index contributed by atoms with van der Waals surface area (Å²) in [6.45, 7) is -1.15. The van der Waals surface area contributed by atoms with Crippen molar-refractivity contribution >= 4 is 35.1 Å². The molecule has 14 heteroatoms. The van der Waals surface area contributed by atoms with Crippen LogP contribution in [-0.4, -0.2) is 37.2 Å². The van der Waals surface area contributed by atoms with Crippen LogP contribution in [0.25, 0.3) is 11.1 Å². The molecule has 3 rings (SSSR count). The maximum atomic E-state index is 14.7. The maximum absolute atomic E-state index is 14.7. The lowest BCUT2D eigenvalue weighted by atomic mass is 10.0. The van der Waals surface area contributed by atoms with Crippen LogP contribution < -0.4 is 25.6 Å². The Balaban J connectivity index is 1.63. The number of methoxy groups -OCH3 is 1. The highest BCUT2D eigenvalue weighted by atomic mass is 35.5. The van der Waals surface area contributed by atoms with Gasteiger partial charge in [-0.2, -0.15) is 0 Å². The minimum atomic E-state index is -2.74. The zero-order chi connectivity index (χ0) is 25.5. The lowest BCUT2D eigenvalue weighted by molar-refractivity contribution is 0.0822. The first-order valence-corrected chi connectivity index (χ1v) is 10.5. The number of ether oxygens (including phenoxy) is 2. The molecule has 3 amide bonds. The van der Waals surface area contributed by atoms with Gasteiger partial charge in [-0.1, -0.05) is 35.3 Å². The molecule has 0 fully saturated rings. The van der Waals surface area contributed by atoms with E-state index in [9.17, 15) is 22.8 Å². The normalized spacial score (nSPS) is 10.7. The fourth-order valence-electron chi connectivity index (χ4n) is 2.78. The number of alkyl halides is 2. The number of nitrogens with zero attached hydrogens (tertiary/aromatic N) is 1. The Bertz CT molecular complexity index is 1230. The molecule has 2 aromatic carbocycles. The van der Waals surface area contributed by atoms with Gasteiger partial charge in [-0.3, -0.25) is 10.2 Å². The Morgan fingerprint density at radius 1 is 1.14 bits per heavy atom. The summed E-state index contributed by atoms with van der Waals surface area (Å²) < 4.78 is 54.5. The van der Waals surface area contributed by atoms with E-state index >= 15 is 0 Å². The van der Waals surface area contributed by atoms with Gasteiger partial charge in [-0.25, -0.2) is 23.4 Å². The number of hydrogen-bond donors (Lipinski definition) is 3. The van der Waals surface area contributed by atoms with Crippen LogP contribution in [0, 0.1) is 5.82 Å². The number of rotatable bonds is 8. The third kappa shape index (κ3) is 6.93. The largest absolute Gasteiger partial charge is 0.485 e. The van der Waals surface area contributed by atoms with Crippen molar-refractivity contribution in [3.63, 3.8) is 0 Å². The van der Waals surface area contributed by atoms with Crippen molar-refractivity contribution in [3.05, 3.63) is 63.6 Å². The van der Waals surface area contributed by atoms with E-state index in [-0.39, 0.29) is 50.7 Å². The van der Waals surface area contributed by atoms with Crippen LogP contribution in [0.5, 0.6) is 11.6 Å². The van der Waals surface area contributed by atoms with E-state index in [0.717, 1.165) is 6.07 Å². The molecule has 0 bridgehead atoms. The molecule has 3 N–H and O–H groups in total. The molecule has 35 heavy (non-hydrogen) atoms. The van der Waals surface area contributed by atoms with Gasteiger partial charge in [0.1, 0.15) is 18.2 Å². The standard InChI is InChI=1S/C21H17Cl2F3N4O5/c1-33-18-7-16(35-30-18)20(31)28-29-21(32)27-8-11-3-2-10(4-15(11)24)13-5-12(22)6-14(23)19(13)34-9-17(25)26/h2-7,17H,8-9H2,1H3,(H,28,31)(H2,27,29,32). The Morgan fingerprint density at radius 2 is 1.91 bits per heavy atom. The Hall–Kier alpha value is -3.64. The van der Waals surface area contributed by atoms with Crippen LogP contribution in [0.1, 0.15) is 16.1 Å². The molecule has 0 aliphatic carbocycles. The molecule has 0 radical (unpaired) electrons. The smallest absolute Gasteiger partial charge is 0.333 e. The first-order valence-electron chi connectivity index (χ1n) is 9.71. The number of carbonyl (C=O) groups is 2. The highest BCUT2D eigenvalue weighted by Gasteiger charge is 2.17. The van der Waals surface area contributed by atoms with Crippen LogP contribution in [0.2, 0.25) is 10.0 Å². The number of hydrazine groups is 1. The second kappa shape index (κ2) is 11.7. The average molecular weight is 533 g/mol. The quantitative estimate of drug-likeness (QED) is 0.365. The predicted molar refractivity (Wildman–Crippen MR) is 119 cm³/mol. The van der Waals surface area contributed by atoms with Gasteiger partial charge in [0.05, 0.1) is 18.2 Å². The van der Waals surface area contributed by atoms with Crippen molar-refractivity contribution < 1.29 is 36.8 Å². The molecule has 3 aromatic rings.